The summed E-state index contributed by atoms with van der Waals surface area (Å²) in [6.45, 7) is 2.13. The fourth-order valence-corrected chi connectivity index (χ4v) is 1.89. The average Bonchev–Trinajstić information content (AvgIpc) is 2.30. The van der Waals surface area contributed by atoms with Gasteiger partial charge in [-0.25, -0.2) is 0 Å². The van der Waals surface area contributed by atoms with Crippen molar-refractivity contribution in [2.45, 2.75) is 38.4 Å². The van der Waals surface area contributed by atoms with E-state index in [1.165, 1.54) is 5.56 Å². The number of aryl methyl sites for hydroxylation is 1. The number of alkyl halides is 1. The second-order valence-corrected chi connectivity index (χ2v) is 4.36. The Morgan fingerprint density at radius 2 is 1.81 bits per heavy atom. The van der Waals surface area contributed by atoms with Crippen molar-refractivity contribution in [3.05, 3.63) is 35.4 Å². The quantitative estimate of drug-likeness (QED) is 0.753. The number of halogens is 1. The van der Waals surface area contributed by atoms with Gasteiger partial charge in [0.2, 0.25) is 0 Å². The van der Waals surface area contributed by atoms with Crippen LogP contribution in [0, 0.1) is 0 Å². The Hall–Kier alpha value is -0.570. The SMILES string of the molecule is CCCc1ccc(C(O)C(O)CCCl)cc1. The maximum atomic E-state index is 9.83. The normalized spacial score (nSPS) is 14.8. The van der Waals surface area contributed by atoms with Gasteiger partial charge in [-0.3, -0.25) is 0 Å². The van der Waals surface area contributed by atoms with Crippen LogP contribution >= 0.6 is 11.6 Å². The predicted octanol–water partition coefficient (Wildman–Crippen LogP) is 2.66. The summed E-state index contributed by atoms with van der Waals surface area (Å²) in [5, 5.41) is 19.4. The molecular formula is C13H19ClO2. The van der Waals surface area contributed by atoms with Crippen LogP contribution in [0.25, 0.3) is 0 Å². The molecule has 0 aromatic heterocycles. The Labute approximate surface area is 102 Å². The molecule has 2 nitrogen and oxygen atoms in total. The van der Waals surface area contributed by atoms with Gasteiger partial charge in [-0.1, -0.05) is 37.6 Å². The molecule has 3 heteroatoms. The lowest BCUT2D eigenvalue weighted by Gasteiger charge is -2.17. The standard InChI is InChI=1S/C13H19ClO2/c1-2-3-10-4-6-11(7-5-10)13(16)12(15)8-9-14/h4-7,12-13,15-16H,2-3,8-9H2,1H3. The van der Waals surface area contributed by atoms with Gasteiger partial charge in [-0.2, -0.15) is 0 Å². The molecule has 1 rings (SSSR count). The monoisotopic (exact) mass is 242 g/mol. The largest absolute Gasteiger partial charge is 0.390 e. The molecule has 16 heavy (non-hydrogen) atoms. The average molecular weight is 243 g/mol. The van der Waals surface area contributed by atoms with Gasteiger partial charge in [0.1, 0.15) is 6.10 Å². The highest BCUT2D eigenvalue weighted by molar-refractivity contribution is 6.17. The number of hydrogen-bond acceptors (Lipinski definition) is 2. The van der Waals surface area contributed by atoms with Crippen molar-refractivity contribution < 1.29 is 10.2 Å². The zero-order chi connectivity index (χ0) is 12.0. The fraction of sp³-hybridized carbons (Fsp3) is 0.538. The van der Waals surface area contributed by atoms with Crippen LogP contribution in [-0.4, -0.2) is 22.2 Å². The van der Waals surface area contributed by atoms with E-state index in [0.29, 0.717) is 12.3 Å². The van der Waals surface area contributed by atoms with Crippen LogP contribution in [0.4, 0.5) is 0 Å². The third-order valence-electron chi connectivity index (χ3n) is 2.63. The molecule has 0 aliphatic heterocycles. The van der Waals surface area contributed by atoms with Gasteiger partial charge in [0.05, 0.1) is 6.10 Å². The predicted molar refractivity (Wildman–Crippen MR) is 66.7 cm³/mol. The van der Waals surface area contributed by atoms with Gasteiger partial charge in [0.15, 0.2) is 0 Å². The van der Waals surface area contributed by atoms with E-state index in [1.54, 1.807) is 0 Å². The van der Waals surface area contributed by atoms with E-state index in [9.17, 15) is 10.2 Å². The van der Waals surface area contributed by atoms with Gasteiger partial charge in [-0.15, -0.1) is 11.6 Å². The van der Waals surface area contributed by atoms with E-state index >= 15 is 0 Å². The second-order valence-electron chi connectivity index (χ2n) is 3.98. The molecule has 1 aromatic carbocycles. The molecule has 2 N–H and O–H groups in total. The number of hydrogen-bond donors (Lipinski definition) is 2. The Bertz CT molecular complexity index is 297. The van der Waals surface area contributed by atoms with Gasteiger partial charge in [-0.05, 0) is 24.0 Å². The van der Waals surface area contributed by atoms with E-state index in [4.69, 9.17) is 11.6 Å². The molecule has 0 radical (unpaired) electrons. The molecule has 2 atom stereocenters. The Morgan fingerprint density at radius 3 is 2.31 bits per heavy atom. The fourth-order valence-electron chi connectivity index (χ4n) is 1.66. The molecule has 0 fully saturated rings. The summed E-state index contributed by atoms with van der Waals surface area (Å²) in [7, 11) is 0. The molecule has 0 heterocycles. The van der Waals surface area contributed by atoms with Crippen molar-refractivity contribution in [2.24, 2.45) is 0 Å². The van der Waals surface area contributed by atoms with Crippen molar-refractivity contribution in [3.63, 3.8) is 0 Å². The number of aliphatic hydroxyl groups excluding tert-OH is 2. The van der Waals surface area contributed by atoms with Crippen LogP contribution in [0.5, 0.6) is 0 Å². The first-order chi connectivity index (χ1) is 7.69. The second kappa shape index (κ2) is 6.89. The smallest absolute Gasteiger partial charge is 0.105 e. The number of aliphatic hydroxyl groups is 2. The highest BCUT2D eigenvalue weighted by atomic mass is 35.5. The molecule has 0 aliphatic rings. The molecular weight excluding hydrogens is 224 g/mol. The third kappa shape index (κ3) is 3.78. The zero-order valence-electron chi connectivity index (χ0n) is 9.56. The molecule has 0 amide bonds. The van der Waals surface area contributed by atoms with E-state index in [1.807, 2.05) is 24.3 Å². The lowest BCUT2D eigenvalue weighted by Crippen LogP contribution is -2.18. The summed E-state index contributed by atoms with van der Waals surface area (Å²) >= 11 is 5.52. The van der Waals surface area contributed by atoms with Crippen molar-refractivity contribution >= 4 is 11.6 Å². The first-order valence-corrected chi connectivity index (χ1v) is 6.23. The Kier molecular flexibility index (Phi) is 5.81. The van der Waals surface area contributed by atoms with Crippen LogP contribution in [0.2, 0.25) is 0 Å². The summed E-state index contributed by atoms with van der Waals surface area (Å²) in [6.07, 6.45) is 0.931. The van der Waals surface area contributed by atoms with Crippen LogP contribution in [0.3, 0.4) is 0 Å². The van der Waals surface area contributed by atoms with E-state index in [2.05, 4.69) is 6.92 Å². The van der Waals surface area contributed by atoms with Crippen molar-refractivity contribution in [3.8, 4) is 0 Å². The number of rotatable bonds is 6. The van der Waals surface area contributed by atoms with Crippen molar-refractivity contribution in [1.29, 1.82) is 0 Å². The maximum Gasteiger partial charge on any atom is 0.105 e. The lowest BCUT2D eigenvalue weighted by atomic mass is 10.0. The third-order valence-corrected chi connectivity index (χ3v) is 2.85. The molecule has 90 valence electrons. The molecule has 0 aliphatic carbocycles. The van der Waals surface area contributed by atoms with Crippen LogP contribution < -0.4 is 0 Å². The maximum absolute atomic E-state index is 9.83. The lowest BCUT2D eigenvalue weighted by molar-refractivity contribution is 0.0170. The van der Waals surface area contributed by atoms with Crippen LogP contribution in [0.1, 0.15) is 37.0 Å². The first-order valence-electron chi connectivity index (χ1n) is 5.70. The van der Waals surface area contributed by atoms with Gasteiger partial charge >= 0.3 is 0 Å². The number of benzene rings is 1. The summed E-state index contributed by atoms with van der Waals surface area (Å²) in [4.78, 5) is 0. The minimum Gasteiger partial charge on any atom is -0.390 e. The van der Waals surface area contributed by atoms with Gasteiger partial charge in [0, 0.05) is 5.88 Å². The van der Waals surface area contributed by atoms with E-state index < -0.39 is 12.2 Å². The van der Waals surface area contributed by atoms with Crippen molar-refractivity contribution in [2.75, 3.05) is 5.88 Å². The molecule has 0 saturated heterocycles. The van der Waals surface area contributed by atoms with Gasteiger partial charge < -0.3 is 10.2 Å². The highest BCUT2D eigenvalue weighted by Crippen LogP contribution is 2.20. The Morgan fingerprint density at radius 1 is 1.19 bits per heavy atom. The zero-order valence-corrected chi connectivity index (χ0v) is 10.3. The van der Waals surface area contributed by atoms with E-state index in [0.717, 1.165) is 18.4 Å². The van der Waals surface area contributed by atoms with E-state index in [-0.39, 0.29) is 0 Å². The summed E-state index contributed by atoms with van der Waals surface area (Å²) < 4.78 is 0. The highest BCUT2D eigenvalue weighted by Gasteiger charge is 2.17. The van der Waals surface area contributed by atoms with Crippen LogP contribution in [0.15, 0.2) is 24.3 Å². The molecule has 2 unspecified atom stereocenters. The molecule has 0 bridgehead atoms. The first kappa shape index (κ1) is 13.5. The summed E-state index contributed by atoms with van der Waals surface area (Å²) in [5.74, 6) is 0.353. The topological polar surface area (TPSA) is 40.5 Å². The van der Waals surface area contributed by atoms with Gasteiger partial charge in [0.25, 0.3) is 0 Å². The Balaban J connectivity index is 2.65. The van der Waals surface area contributed by atoms with Crippen molar-refractivity contribution in [1.82, 2.24) is 0 Å². The summed E-state index contributed by atoms with van der Waals surface area (Å²) in [5.41, 5.74) is 2.00. The molecule has 0 saturated carbocycles. The van der Waals surface area contributed by atoms with Crippen LogP contribution in [-0.2, 0) is 6.42 Å². The minimum atomic E-state index is -0.838. The minimum absolute atomic E-state index is 0.353. The summed E-state index contributed by atoms with van der Waals surface area (Å²) in [6, 6.07) is 7.73. The molecule has 0 spiro atoms. The molecule has 1 aromatic rings.